The third-order valence-electron chi connectivity index (χ3n) is 3.88. The Kier molecular flexibility index (Phi) is 4.61. The van der Waals surface area contributed by atoms with Gasteiger partial charge in [0.25, 0.3) is 0 Å². The van der Waals surface area contributed by atoms with Crippen molar-refractivity contribution < 1.29 is 0 Å². The highest BCUT2D eigenvalue weighted by molar-refractivity contribution is 6.09. The number of aromatic nitrogens is 2. The Morgan fingerprint density at radius 2 is 2.17 bits per heavy atom. The van der Waals surface area contributed by atoms with Crippen LogP contribution in [0.4, 0.5) is 11.5 Å². The Morgan fingerprint density at radius 3 is 2.96 bits per heavy atom. The van der Waals surface area contributed by atoms with Gasteiger partial charge in [0.2, 0.25) is 0 Å². The smallest absolute Gasteiger partial charge is 0.150 e. The van der Waals surface area contributed by atoms with Crippen molar-refractivity contribution in [3.63, 3.8) is 0 Å². The summed E-state index contributed by atoms with van der Waals surface area (Å²) in [6.07, 6.45) is 5.72. The summed E-state index contributed by atoms with van der Waals surface area (Å²) in [5, 5.41) is 4.52. The second kappa shape index (κ2) is 7.00. The number of hydrogen-bond donors (Lipinski definition) is 3. The third-order valence-corrected chi connectivity index (χ3v) is 3.88. The molecule has 0 amide bonds. The predicted molar refractivity (Wildman–Crippen MR) is 102 cm³/mol. The number of allylic oxidation sites excluding steroid dienone is 2. The molecule has 122 valence electrons. The summed E-state index contributed by atoms with van der Waals surface area (Å²) in [6, 6.07) is 12.2. The first-order valence-electron chi connectivity index (χ1n) is 7.86. The number of nitrogens with one attached hydrogen (secondary N) is 2. The van der Waals surface area contributed by atoms with Crippen LogP contribution in [0.25, 0.3) is 16.5 Å². The number of nitrogens with two attached hydrogens (primary N) is 1. The second-order valence-corrected chi connectivity index (χ2v) is 5.52. The molecule has 0 aliphatic heterocycles. The lowest BCUT2D eigenvalue weighted by Crippen LogP contribution is -2.06. The van der Waals surface area contributed by atoms with Gasteiger partial charge in [0.15, 0.2) is 0 Å². The molecule has 2 aromatic heterocycles. The molecule has 3 rings (SSSR count). The van der Waals surface area contributed by atoms with Gasteiger partial charge in [0, 0.05) is 37.1 Å². The Morgan fingerprint density at radius 1 is 1.29 bits per heavy atom. The van der Waals surface area contributed by atoms with Gasteiger partial charge in [-0.05, 0) is 48.2 Å². The maximum absolute atomic E-state index is 6.06. The van der Waals surface area contributed by atoms with Crippen LogP contribution in [-0.4, -0.2) is 23.2 Å². The van der Waals surface area contributed by atoms with Gasteiger partial charge in [-0.2, -0.15) is 0 Å². The van der Waals surface area contributed by atoms with Gasteiger partial charge in [0.1, 0.15) is 5.82 Å². The Labute approximate surface area is 141 Å². The average Bonchev–Trinajstić information content (AvgIpc) is 3.07. The summed E-state index contributed by atoms with van der Waals surface area (Å²) < 4.78 is 0. The summed E-state index contributed by atoms with van der Waals surface area (Å²) in [4.78, 5) is 11.9. The molecule has 0 bridgehead atoms. The van der Waals surface area contributed by atoms with E-state index in [2.05, 4.69) is 44.5 Å². The van der Waals surface area contributed by atoms with Crippen molar-refractivity contribution in [1.29, 1.82) is 0 Å². The van der Waals surface area contributed by atoms with Gasteiger partial charge in [-0.1, -0.05) is 12.1 Å². The molecule has 0 atom stereocenters. The number of aliphatic imine (C=N–C) groups is 1. The van der Waals surface area contributed by atoms with Crippen LogP contribution in [0.1, 0.15) is 18.2 Å². The number of nitrogen functional groups attached to an aromatic ring is 1. The topological polar surface area (TPSA) is 79.1 Å². The molecule has 0 aliphatic rings. The second-order valence-electron chi connectivity index (χ2n) is 5.52. The van der Waals surface area contributed by atoms with Gasteiger partial charge in [-0.3, -0.25) is 4.99 Å². The van der Waals surface area contributed by atoms with Gasteiger partial charge >= 0.3 is 0 Å². The van der Waals surface area contributed by atoms with Crippen LogP contribution in [0.5, 0.6) is 0 Å². The number of benzene rings is 1. The fraction of sp³-hybridized carbons (Fsp3) is 0.158. The number of anilines is 2. The molecule has 3 aromatic rings. The molecular formula is C19H21N5. The molecule has 0 saturated carbocycles. The molecule has 4 N–H and O–H groups in total. The minimum Gasteiger partial charge on any atom is -0.396 e. The van der Waals surface area contributed by atoms with Crippen molar-refractivity contribution in [3.8, 4) is 0 Å². The number of aromatic amines is 1. The van der Waals surface area contributed by atoms with Crippen LogP contribution in [0.3, 0.4) is 0 Å². The van der Waals surface area contributed by atoms with Crippen LogP contribution in [0.2, 0.25) is 0 Å². The van der Waals surface area contributed by atoms with E-state index in [1.54, 1.807) is 13.3 Å². The lowest BCUT2D eigenvalue weighted by molar-refractivity contribution is 1.11. The maximum Gasteiger partial charge on any atom is 0.150 e. The molecule has 24 heavy (non-hydrogen) atoms. The third kappa shape index (κ3) is 3.30. The summed E-state index contributed by atoms with van der Waals surface area (Å²) in [7, 11) is 1.75. The molecule has 5 heteroatoms. The minimum absolute atomic E-state index is 0.630. The molecule has 2 heterocycles. The van der Waals surface area contributed by atoms with Crippen molar-refractivity contribution in [2.75, 3.05) is 18.1 Å². The van der Waals surface area contributed by atoms with Crippen LogP contribution in [0.15, 0.2) is 53.7 Å². The molecule has 1 aromatic carbocycles. The zero-order valence-electron chi connectivity index (χ0n) is 13.9. The van der Waals surface area contributed by atoms with Gasteiger partial charge in [0.05, 0.1) is 11.4 Å². The highest BCUT2D eigenvalue weighted by atomic mass is 15.0. The zero-order valence-corrected chi connectivity index (χ0v) is 13.9. The SMILES string of the molecule is C/C=C(\C=NC)c1ccc(N)c(NCc2ccc3[nH]ccc3c2)n1. The van der Waals surface area contributed by atoms with E-state index in [0.717, 1.165) is 16.8 Å². The molecular weight excluding hydrogens is 298 g/mol. The van der Waals surface area contributed by atoms with Gasteiger partial charge < -0.3 is 16.0 Å². The van der Waals surface area contributed by atoms with E-state index >= 15 is 0 Å². The highest BCUT2D eigenvalue weighted by Crippen LogP contribution is 2.21. The summed E-state index contributed by atoms with van der Waals surface area (Å²) in [5.74, 6) is 0.686. The van der Waals surface area contributed by atoms with E-state index < -0.39 is 0 Å². The van der Waals surface area contributed by atoms with E-state index in [1.165, 1.54) is 10.9 Å². The van der Waals surface area contributed by atoms with Crippen molar-refractivity contribution in [2.45, 2.75) is 13.5 Å². The number of nitrogens with zero attached hydrogens (tertiary/aromatic N) is 2. The van der Waals surface area contributed by atoms with Crippen LogP contribution < -0.4 is 11.1 Å². The number of fused-ring (bicyclic) bond motifs is 1. The highest BCUT2D eigenvalue weighted by Gasteiger charge is 2.06. The van der Waals surface area contributed by atoms with E-state index in [0.29, 0.717) is 18.1 Å². The maximum atomic E-state index is 6.06. The fourth-order valence-corrected chi connectivity index (χ4v) is 2.60. The normalized spacial score (nSPS) is 12.2. The van der Waals surface area contributed by atoms with E-state index in [9.17, 15) is 0 Å². The molecule has 0 aliphatic carbocycles. The number of pyridine rings is 1. The summed E-state index contributed by atoms with van der Waals surface area (Å²) >= 11 is 0. The van der Waals surface area contributed by atoms with Crippen molar-refractivity contribution in [2.24, 2.45) is 4.99 Å². The predicted octanol–water partition coefficient (Wildman–Crippen LogP) is 3.86. The molecule has 0 unspecified atom stereocenters. The Hall–Kier alpha value is -3.08. The first-order chi connectivity index (χ1) is 11.7. The van der Waals surface area contributed by atoms with Crippen molar-refractivity contribution in [3.05, 3.63) is 59.9 Å². The molecule has 5 nitrogen and oxygen atoms in total. The lowest BCUT2D eigenvalue weighted by Gasteiger charge is -2.11. The van der Waals surface area contributed by atoms with E-state index in [-0.39, 0.29) is 0 Å². The van der Waals surface area contributed by atoms with E-state index in [4.69, 9.17) is 5.73 Å². The first-order valence-corrected chi connectivity index (χ1v) is 7.86. The van der Waals surface area contributed by atoms with Gasteiger partial charge in [-0.15, -0.1) is 0 Å². The molecule has 0 saturated heterocycles. The van der Waals surface area contributed by atoms with Crippen LogP contribution in [-0.2, 0) is 6.54 Å². The first kappa shape index (κ1) is 15.8. The standard InChI is InChI=1S/C19H21N5/c1-3-14(12-21-2)18-7-5-16(20)19(24-18)23-11-13-4-6-17-15(10-13)8-9-22-17/h3-10,12,22H,11,20H2,1-2H3,(H,23,24)/b14-3+,21-12?. The number of H-pyrrole nitrogens is 1. The molecule has 0 fully saturated rings. The monoisotopic (exact) mass is 319 g/mol. The summed E-state index contributed by atoms with van der Waals surface area (Å²) in [5.41, 5.74) is 10.8. The number of hydrogen-bond acceptors (Lipinski definition) is 4. The minimum atomic E-state index is 0.630. The Balaban J connectivity index is 1.81. The average molecular weight is 319 g/mol. The van der Waals surface area contributed by atoms with Crippen LogP contribution >= 0.6 is 0 Å². The zero-order chi connectivity index (χ0) is 16.9. The van der Waals surface area contributed by atoms with E-state index in [1.807, 2.05) is 31.3 Å². The Bertz CT molecular complexity index is 905. The lowest BCUT2D eigenvalue weighted by atomic mass is 10.1. The largest absolute Gasteiger partial charge is 0.396 e. The quantitative estimate of drug-likeness (QED) is 0.625. The number of rotatable bonds is 5. The molecule has 0 spiro atoms. The van der Waals surface area contributed by atoms with Crippen LogP contribution in [0, 0.1) is 0 Å². The molecule has 0 radical (unpaired) electrons. The fourth-order valence-electron chi connectivity index (χ4n) is 2.60. The van der Waals surface area contributed by atoms with Gasteiger partial charge in [-0.25, -0.2) is 4.98 Å². The van der Waals surface area contributed by atoms with Crippen molar-refractivity contribution >= 4 is 34.2 Å². The summed E-state index contributed by atoms with van der Waals surface area (Å²) in [6.45, 7) is 2.63. The van der Waals surface area contributed by atoms with Crippen molar-refractivity contribution in [1.82, 2.24) is 9.97 Å².